The third kappa shape index (κ3) is 4.53. The van der Waals surface area contributed by atoms with Crippen molar-refractivity contribution in [2.45, 2.75) is 19.0 Å². The molecule has 0 N–H and O–H groups in total. The predicted octanol–water partition coefficient (Wildman–Crippen LogP) is 4.97. The van der Waals surface area contributed by atoms with E-state index in [0.29, 0.717) is 12.1 Å². The maximum atomic E-state index is 13.0. The van der Waals surface area contributed by atoms with Crippen molar-refractivity contribution in [3.8, 4) is 5.75 Å². The molecule has 6 nitrogen and oxygen atoms in total. The van der Waals surface area contributed by atoms with Crippen LogP contribution < -0.4 is 4.74 Å². The van der Waals surface area contributed by atoms with Crippen LogP contribution in [-0.4, -0.2) is 24.6 Å². The van der Waals surface area contributed by atoms with Crippen LogP contribution in [0.25, 0.3) is 0 Å². The number of methoxy groups -OCH3 is 1. The van der Waals surface area contributed by atoms with Crippen molar-refractivity contribution < 1.29 is 32.4 Å². The number of hydrogen-bond acceptors (Lipinski definition) is 5. The number of carbonyl (C=O) groups excluding carboxylic acids is 1. The molecule has 0 aromatic heterocycles. The first-order valence-corrected chi connectivity index (χ1v) is 8.33. The Morgan fingerprint density at radius 3 is 2.43 bits per heavy atom. The van der Waals surface area contributed by atoms with Gasteiger partial charge in [0.1, 0.15) is 11.7 Å². The number of carbonyl (C=O) groups is 1. The number of benzene rings is 2. The molecule has 2 aromatic carbocycles. The van der Waals surface area contributed by atoms with Gasteiger partial charge in [0.05, 0.1) is 24.2 Å². The summed E-state index contributed by atoms with van der Waals surface area (Å²) < 4.78 is 49.2. The number of ether oxygens (including phenoxy) is 2. The highest BCUT2D eigenvalue weighted by Gasteiger charge is 2.37. The lowest BCUT2D eigenvalue weighted by Gasteiger charge is -2.20. The summed E-state index contributed by atoms with van der Waals surface area (Å²) in [5, 5.41) is 11.7. The van der Waals surface area contributed by atoms with E-state index in [-0.39, 0.29) is 28.5 Å². The van der Waals surface area contributed by atoms with Crippen molar-refractivity contribution in [2.24, 2.45) is 0 Å². The molecule has 0 heterocycles. The predicted molar refractivity (Wildman–Crippen MR) is 94.6 cm³/mol. The first-order valence-electron chi connectivity index (χ1n) is 7.95. The van der Waals surface area contributed by atoms with Gasteiger partial charge in [0.25, 0.3) is 5.69 Å². The number of rotatable bonds is 6. The topological polar surface area (TPSA) is 78.7 Å². The smallest absolute Gasteiger partial charge is 0.416 e. The molecule has 0 spiro atoms. The fourth-order valence-corrected chi connectivity index (χ4v) is 2.88. The second kappa shape index (κ2) is 8.47. The molecule has 0 amide bonds. The van der Waals surface area contributed by atoms with Crippen molar-refractivity contribution in [1.29, 1.82) is 0 Å². The van der Waals surface area contributed by atoms with Crippen LogP contribution in [0.15, 0.2) is 36.4 Å². The Morgan fingerprint density at radius 2 is 1.89 bits per heavy atom. The number of hydrogen-bond donors (Lipinski definition) is 0. The fourth-order valence-electron chi connectivity index (χ4n) is 2.70. The van der Waals surface area contributed by atoms with Crippen LogP contribution in [0.1, 0.15) is 29.5 Å². The third-order valence-corrected chi connectivity index (χ3v) is 4.13. The molecule has 2 rings (SSSR count). The Labute approximate surface area is 163 Å². The molecule has 1 unspecified atom stereocenters. The summed E-state index contributed by atoms with van der Waals surface area (Å²) in [5.41, 5.74) is -2.20. The number of halogens is 4. The van der Waals surface area contributed by atoms with Crippen LogP contribution in [0.4, 0.5) is 18.9 Å². The molecular formula is C18H15ClF3NO5. The highest BCUT2D eigenvalue weighted by atomic mass is 35.5. The van der Waals surface area contributed by atoms with Crippen LogP contribution in [0.5, 0.6) is 5.75 Å². The highest BCUT2D eigenvalue weighted by molar-refractivity contribution is 6.30. The van der Waals surface area contributed by atoms with Crippen molar-refractivity contribution in [3.63, 3.8) is 0 Å². The van der Waals surface area contributed by atoms with Crippen LogP contribution in [0, 0.1) is 10.1 Å². The normalized spacial score (nSPS) is 12.4. The van der Waals surface area contributed by atoms with Crippen molar-refractivity contribution in [3.05, 3.63) is 68.2 Å². The molecule has 0 saturated carbocycles. The lowest BCUT2D eigenvalue weighted by molar-refractivity contribution is -0.385. The molecule has 28 heavy (non-hydrogen) atoms. The second-order valence-electron chi connectivity index (χ2n) is 5.60. The molecule has 0 fully saturated rings. The summed E-state index contributed by atoms with van der Waals surface area (Å²) in [4.78, 5) is 23.1. The molecule has 1 atom stereocenters. The van der Waals surface area contributed by atoms with Crippen molar-refractivity contribution in [1.82, 2.24) is 0 Å². The number of nitro groups is 1. The minimum absolute atomic E-state index is 0.0351. The second-order valence-corrected chi connectivity index (χ2v) is 6.04. The van der Waals surface area contributed by atoms with Gasteiger partial charge in [0.15, 0.2) is 0 Å². The summed E-state index contributed by atoms with van der Waals surface area (Å²) in [7, 11) is 1.32. The van der Waals surface area contributed by atoms with E-state index < -0.39 is 34.2 Å². The lowest BCUT2D eigenvalue weighted by atomic mass is 9.88. The van der Waals surface area contributed by atoms with Crippen LogP contribution in [0.3, 0.4) is 0 Å². The van der Waals surface area contributed by atoms with E-state index >= 15 is 0 Å². The molecule has 0 aliphatic heterocycles. The van der Waals surface area contributed by atoms with Gasteiger partial charge in [-0.2, -0.15) is 13.2 Å². The summed E-state index contributed by atoms with van der Waals surface area (Å²) in [6.45, 7) is 1.50. The van der Waals surface area contributed by atoms with Gasteiger partial charge >= 0.3 is 12.1 Å². The molecule has 150 valence electrons. The van der Waals surface area contributed by atoms with Crippen LogP contribution in [0.2, 0.25) is 5.02 Å². The van der Waals surface area contributed by atoms with E-state index in [2.05, 4.69) is 0 Å². The molecule has 10 heteroatoms. The SMILES string of the molecule is CCOC(=O)C(c1cc(Cl)ccc1OC)c1ccc(C(F)(F)F)cc1[N+](=O)[O-]. The lowest BCUT2D eigenvalue weighted by Crippen LogP contribution is -2.20. The molecule has 0 bridgehead atoms. The Balaban J connectivity index is 2.77. The summed E-state index contributed by atoms with van der Waals surface area (Å²) in [6.07, 6.45) is -4.78. The first kappa shape index (κ1) is 21.5. The van der Waals surface area contributed by atoms with Gasteiger partial charge in [-0.15, -0.1) is 0 Å². The molecule has 2 aromatic rings. The highest BCUT2D eigenvalue weighted by Crippen LogP contribution is 2.41. The maximum absolute atomic E-state index is 13.0. The molecule has 0 radical (unpaired) electrons. The Hall–Kier alpha value is -2.81. The third-order valence-electron chi connectivity index (χ3n) is 3.89. The first-order chi connectivity index (χ1) is 13.1. The summed E-state index contributed by atoms with van der Waals surface area (Å²) >= 11 is 5.98. The maximum Gasteiger partial charge on any atom is 0.416 e. The number of nitrogens with zero attached hydrogens (tertiary/aromatic N) is 1. The van der Waals surface area contributed by atoms with Gasteiger partial charge in [-0.05, 0) is 31.2 Å². The monoisotopic (exact) mass is 417 g/mol. The number of esters is 1. The van der Waals surface area contributed by atoms with Crippen molar-refractivity contribution >= 4 is 23.3 Å². The fraction of sp³-hybridized carbons (Fsp3) is 0.278. The minimum Gasteiger partial charge on any atom is -0.496 e. The Bertz CT molecular complexity index is 901. The van der Waals surface area contributed by atoms with E-state index in [0.717, 1.165) is 6.07 Å². The Kier molecular flexibility index (Phi) is 6.50. The standard InChI is InChI=1S/C18H15ClF3NO5/c1-3-28-17(24)16(13-9-11(19)5-7-15(13)27-2)12-6-4-10(18(20,21)22)8-14(12)23(25)26/h4-9,16H,3H2,1-2H3. The Morgan fingerprint density at radius 1 is 1.21 bits per heavy atom. The minimum atomic E-state index is -4.78. The number of nitro benzene ring substituents is 1. The van der Waals surface area contributed by atoms with E-state index in [1.165, 1.54) is 32.2 Å². The average molecular weight is 418 g/mol. The molecular weight excluding hydrogens is 403 g/mol. The molecule has 0 aliphatic rings. The van der Waals surface area contributed by atoms with Gasteiger partial charge in [-0.25, -0.2) is 0 Å². The quantitative estimate of drug-likeness (QED) is 0.376. The van der Waals surface area contributed by atoms with Gasteiger partial charge in [-0.1, -0.05) is 17.7 Å². The summed E-state index contributed by atoms with van der Waals surface area (Å²) in [5.74, 6) is -2.11. The van der Waals surface area contributed by atoms with Gasteiger partial charge < -0.3 is 9.47 Å². The van der Waals surface area contributed by atoms with E-state index in [9.17, 15) is 28.1 Å². The van der Waals surface area contributed by atoms with E-state index in [1.807, 2.05) is 0 Å². The zero-order valence-electron chi connectivity index (χ0n) is 14.7. The van der Waals surface area contributed by atoms with Gasteiger partial charge in [-0.3, -0.25) is 14.9 Å². The van der Waals surface area contributed by atoms with Crippen molar-refractivity contribution in [2.75, 3.05) is 13.7 Å². The molecule has 0 saturated heterocycles. The van der Waals surface area contributed by atoms with E-state index in [1.54, 1.807) is 0 Å². The average Bonchev–Trinajstić information content (AvgIpc) is 2.61. The molecule has 0 aliphatic carbocycles. The van der Waals surface area contributed by atoms with Gasteiger partial charge in [0.2, 0.25) is 0 Å². The number of alkyl halides is 3. The van der Waals surface area contributed by atoms with E-state index in [4.69, 9.17) is 21.1 Å². The summed E-state index contributed by atoms with van der Waals surface area (Å²) in [6, 6.07) is 6.23. The largest absolute Gasteiger partial charge is 0.496 e. The van der Waals surface area contributed by atoms with Gasteiger partial charge in [0, 0.05) is 22.2 Å². The van der Waals surface area contributed by atoms with Crippen LogP contribution in [-0.2, 0) is 15.7 Å². The zero-order valence-corrected chi connectivity index (χ0v) is 15.5. The zero-order chi connectivity index (χ0) is 21.1. The van der Waals surface area contributed by atoms with Crippen LogP contribution >= 0.6 is 11.6 Å².